The van der Waals surface area contributed by atoms with Crippen LogP contribution in [0.1, 0.15) is 0 Å². The molecule has 0 aliphatic heterocycles. The Hall–Kier alpha value is -12.5. The van der Waals surface area contributed by atoms with Crippen molar-refractivity contribution in [2.45, 2.75) is 0 Å². The van der Waals surface area contributed by atoms with E-state index in [1.54, 1.807) is 0 Å². The van der Waals surface area contributed by atoms with Crippen molar-refractivity contribution >= 4 is 77.7 Å². The standard InChI is InChI=1S/C90H62N4/c1-5-21-63(22-6-1)65-45-53-75(54-46-65)91(77-57-49-69(50-58-77)81-35-19-39-87-89(81)83-33-13-15-37-85(83)93(87)73-27-9-3-10-28-73)79-31-17-25-71(61-79)67-41-43-68(44-42-67)72-26-18-32-80(62-72)92(76-55-47-66(48-56-76)64-23-7-2-8-24-64)78-59-51-70(52-60-78)82-36-20-40-88-90(82)84-34-14-16-38-86(84)94(88)74-29-11-4-12-30-74/h1-62H. The van der Waals surface area contributed by atoms with Crippen LogP contribution in [0.15, 0.2) is 376 Å². The fourth-order valence-corrected chi connectivity index (χ4v) is 14.1. The highest BCUT2D eigenvalue weighted by atomic mass is 15.1. The van der Waals surface area contributed by atoms with E-state index in [2.05, 4.69) is 395 Å². The van der Waals surface area contributed by atoms with Crippen molar-refractivity contribution in [3.05, 3.63) is 376 Å². The third-order valence-electron chi connectivity index (χ3n) is 18.5. The van der Waals surface area contributed by atoms with Gasteiger partial charge in [0, 0.05) is 67.0 Å². The second-order valence-electron chi connectivity index (χ2n) is 24.0. The van der Waals surface area contributed by atoms with Crippen molar-refractivity contribution in [3.8, 4) is 78.1 Å². The number of anilines is 6. The largest absolute Gasteiger partial charge is 0.310 e. The first-order valence-electron chi connectivity index (χ1n) is 32.2. The van der Waals surface area contributed by atoms with E-state index >= 15 is 0 Å². The van der Waals surface area contributed by atoms with Crippen LogP contribution in [0.25, 0.3) is 122 Å². The highest BCUT2D eigenvalue weighted by molar-refractivity contribution is 6.17. The van der Waals surface area contributed by atoms with E-state index in [1.807, 2.05) is 0 Å². The van der Waals surface area contributed by atoms with Crippen molar-refractivity contribution < 1.29 is 0 Å². The quantitative estimate of drug-likeness (QED) is 0.108. The Balaban J connectivity index is 0.704. The lowest BCUT2D eigenvalue weighted by atomic mass is 9.98. The summed E-state index contributed by atoms with van der Waals surface area (Å²) in [7, 11) is 0. The fourth-order valence-electron chi connectivity index (χ4n) is 14.1. The Morgan fingerprint density at radius 1 is 0.170 bits per heavy atom. The summed E-state index contributed by atoms with van der Waals surface area (Å²) in [5, 5.41) is 4.97. The highest BCUT2D eigenvalue weighted by Gasteiger charge is 2.21. The number of aromatic nitrogens is 2. The van der Waals surface area contributed by atoms with Crippen LogP contribution < -0.4 is 9.80 Å². The van der Waals surface area contributed by atoms with E-state index in [0.29, 0.717) is 0 Å². The van der Waals surface area contributed by atoms with Crippen LogP contribution in [0, 0.1) is 0 Å². The monoisotopic (exact) mass is 1200 g/mol. The summed E-state index contributed by atoms with van der Waals surface area (Å²) in [6.07, 6.45) is 0. The third-order valence-corrected chi connectivity index (χ3v) is 18.5. The van der Waals surface area contributed by atoms with Gasteiger partial charge >= 0.3 is 0 Å². The van der Waals surface area contributed by atoms with Gasteiger partial charge in [-0.05, 0) is 188 Å². The van der Waals surface area contributed by atoms with Gasteiger partial charge in [-0.1, -0.05) is 255 Å². The molecule has 0 N–H and O–H groups in total. The molecule has 0 aliphatic carbocycles. The van der Waals surface area contributed by atoms with Crippen molar-refractivity contribution in [1.29, 1.82) is 0 Å². The topological polar surface area (TPSA) is 16.3 Å². The average Bonchev–Trinajstić information content (AvgIpc) is 1.63. The number of para-hydroxylation sites is 4. The molecule has 0 spiro atoms. The fraction of sp³-hybridized carbons (Fsp3) is 0. The second kappa shape index (κ2) is 24.0. The number of benzene rings is 15. The maximum atomic E-state index is 2.39. The summed E-state index contributed by atoms with van der Waals surface area (Å²) in [5.74, 6) is 0. The first kappa shape index (κ1) is 55.6. The maximum Gasteiger partial charge on any atom is 0.0547 e. The molecule has 0 aliphatic rings. The lowest BCUT2D eigenvalue weighted by Gasteiger charge is -2.27. The van der Waals surface area contributed by atoms with Gasteiger partial charge in [-0.2, -0.15) is 0 Å². The Bertz CT molecular complexity index is 5190. The molecule has 442 valence electrons. The first-order valence-corrected chi connectivity index (χ1v) is 32.2. The van der Waals surface area contributed by atoms with Crippen molar-refractivity contribution in [1.82, 2.24) is 9.13 Å². The highest BCUT2D eigenvalue weighted by Crippen LogP contribution is 2.45. The van der Waals surface area contributed by atoms with Gasteiger partial charge < -0.3 is 18.9 Å². The lowest BCUT2D eigenvalue weighted by molar-refractivity contribution is 1.18. The minimum atomic E-state index is 1.07. The first-order chi connectivity index (χ1) is 46.6. The van der Waals surface area contributed by atoms with Crippen LogP contribution in [0.3, 0.4) is 0 Å². The normalized spacial score (nSPS) is 11.4. The summed E-state index contributed by atoms with van der Waals surface area (Å²) in [4.78, 5) is 4.76. The molecule has 4 heteroatoms. The Morgan fingerprint density at radius 2 is 0.436 bits per heavy atom. The molecule has 94 heavy (non-hydrogen) atoms. The summed E-state index contributed by atoms with van der Waals surface area (Å²) in [5.41, 5.74) is 27.5. The Labute approximate surface area is 547 Å². The molecule has 17 aromatic rings. The molecule has 17 rings (SSSR count). The van der Waals surface area contributed by atoms with Gasteiger partial charge in [-0.3, -0.25) is 0 Å². The van der Waals surface area contributed by atoms with E-state index in [1.165, 1.54) is 77.0 Å². The molecule has 0 fully saturated rings. The van der Waals surface area contributed by atoms with Gasteiger partial charge in [0.05, 0.1) is 22.1 Å². The minimum Gasteiger partial charge on any atom is -0.310 e. The number of hydrogen-bond donors (Lipinski definition) is 0. The second-order valence-corrected chi connectivity index (χ2v) is 24.0. The number of rotatable bonds is 14. The maximum absolute atomic E-state index is 2.39. The van der Waals surface area contributed by atoms with Crippen LogP contribution in [0.5, 0.6) is 0 Å². The van der Waals surface area contributed by atoms with Gasteiger partial charge in [0.1, 0.15) is 0 Å². The van der Waals surface area contributed by atoms with Gasteiger partial charge in [0.15, 0.2) is 0 Å². The molecule has 0 unspecified atom stereocenters. The Kier molecular flexibility index (Phi) is 14.2. The number of nitrogens with zero attached hydrogens (tertiary/aromatic N) is 4. The third kappa shape index (κ3) is 10.2. The van der Waals surface area contributed by atoms with Gasteiger partial charge in [-0.15, -0.1) is 0 Å². The molecule has 15 aromatic carbocycles. The zero-order valence-corrected chi connectivity index (χ0v) is 51.6. The van der Waals surface area contributed by atoms with E-state index in [-0.39, 0.29) is 0 Å². The van der Waals surface area contributed by atoms with Gasteiger partial charge in [-0.25, -0.2) is 0 Å². The number of fused-ring (bicyclic) bond motifs is 6. The predicted molar refractivity (Wildman–Crippen MR) is 397 cm³/mol. The molecule has 0 atom stereocenters. The van der Waals surface area contributed by atoms with Crippen LogP contribution in [0.4, 0.5) is 34.1 Å². The van der Waals surface area contributed by atoms with E-state index in [0.717, 1.165) is 78.9 Å². The Morgan fingerprint density at radius 3 is 0.809 bits per heavy atom. The molecular formula is C90H62N4. The van der Waals surface area contributed by atoms with Crippen LogP contribution >= 0.6 is 0 Å². The van der Waals surface area contributed by atoms with Crippen LogP contribution in [0.2, 0.25) is 0 Å². The molecule has 0 bridgehead atoms. The summed E-state index contributed by atoms with van der Waals surface area (Å²) < 4.78 is 4.77. The molecule has 2 aromatic heterocycles. The SMILES string of the molecule is c1ccc(-c2ccc(N(c3ccc(-c4cccc5c4c4ccccc4n5-c4ccccc4)cc3)c3cccc(-c4ccc(-c5cccc(N(c6ccc(-c7ccccc7)cc6)c6ccc(-c7cccc8c7c7ccccc7n8-c7ccccc7)cc6)c5)cc4)c3)cc2)cc1. The zero-order valence-electron chi connectivity index (χ0n) is 51.6. The van der Waals surface area contributed by atoms with Gasteiger partial charge in [0.2, 0.25) is 0 Å². The predicted octanol–water partition coefficient (Wildman–Crippen LogP) is 24.8. The van der Waals surface area contributed by atoms with Crippen molar-refractivity contribution in [2.75, 3.05) is 9.80 Å². The molecule has 0 saturated carbocycles. The van der Waals surface area contributed by atoms with E-state index < -0.39 is 0 Å². The van der Waals surface area contributed by atoms with Crippen molar-refractivity contribution in [3.63, 3.8) is 0 Å². The van der Waals surface area contributed by atoms with Crippen LogP contribution in [-0.4, -0.2) is 9.13 Å². The minimum absolute atomic E-state index is 1.07. The van der Waals surface area contributed by atoms with Crippen molar-refractivity contribution in [2.24, 2.45) is 0 Å². The van der Waals surface area contributed by atoms with Crippen LogP contribution in [-0.2, 0) is 0 Å². The van der Waals surface area contributed by atoms with E-state index in [4.69, 9.17) is 0 Å². The molecular weight excluding hydrogens is 1140 g/mol. The van der Waals surface area contributed by atoms with Gasteiger partial charge in [0.25, 0.3) is 0 Å². The summed E-state index contributed by atoms with van der Waals surface area (Å²) >= 11 is 0. The zero-order chi connectivity index (χ0) is 62.3. The molecule has 4 nitrogen and oxygen atoms in total. The number of hydrogen-bond acceptors (Lipinski definition) is 2. The molecule has 2 heterocycles. The summed E-state index contributed by atoms with van der Waals surface area (Å²) in [6, 6.07) is 137. The average molecular weight is 1200 g/mol. The summed E-state index contributed by atoms with van der Waals surface area (Å²) in [6.45, 7) is 0. The smallest absolute Gasteiger partial charge is 0.0547 e. The molecule has 0 radical (unpaired) electrons. The van der Waals surface area contributed by atoms with E-state index in [9.17, 15) is 0 Å². The molecule has 0 amide bonds. The lowest BCUT2D eigenvalue weighted by Crippen LogP contribution is -2.10. The molecule has 0 saturated heterocycles.